The van der Waals surface area contributed by atoms with Crippen molar-refractivity contribution in [1.82, 2.24) is 10.6 Å². The molecule has 0 radical (unpaired) electrons. The highest BCUT2D eigenvalue weighted by Gasteiger charge is 2.67. The van der Waals surface area contributed by atoms with Crippen LogP contribution >= 0.6 is 0 Å². The molecule has 31 heavy (non-hydrogen) atoms. The van der Waals surface area contributed by atoms with Gasteiger partial charge in [-0.2, -0.15) is 0 Å². The summed E-state index contributed by atoms with van der Waals surface area (Å²) in [4.78, 5) is 0. The first kappa shape index (κ1) is 18.3. The molecule has 0 spiro atoms. The minimum atomic E-state index is -0.485. The zero-order valence-corrected chi connectivity index (χ0v) is 17.2. The van der Waals surface area contributed by atoms with Crippen molar-refractivity contribution in [3.8, 4) is 0 Å². The van der Waals surface area contributed by atoms with E-state index in [-0.39, 0.29) is 0 Å². The summed E-state index contributed by atoms with van der Waals surface area (Å²) in [6.07, 6.45) is 4.66. The summed E-state index contributed by atoms with van der Waals surface area (Å²) in [5.74, 6) is 0. The number of hydrogen-bond donors (Lipinski definition) is 2. The molecule has 2 heterocycles. The zero-order valence-electron chi connectivity index (χ0n) is 17.2. The second kappa shape index (κ2) is 6.78. The largest absolute Gasteiger partial charge is 0.277 e. The zero-order chi connectivity index (χ0) is 20.8. The molecule has 2 atom stereocenters. The fourth-order valence-corrected chi connectivity index (χ4v) is 5.50. The molecule has 0 saturated carbocycles. The van der Waals surface area contributed by atoms with Crippen LogP contribution in [-0.2, 0) is 16.7 Å². The Labute approximate surface area is 183 Å². The van der Waals surface area contributed by atoms with E-state index >= 15 is 0 Å². The van der Waals surface area contributed by atoms with E-state index in [1.807, 2.05) is 0 Å². The minimum Gasteiger partial charge on any atom is -0.277 e. The highest BCUT2D eigenvalue weighted by molar-refractivity contribution is 5.58. The van der Waals surface area contributed by atoms with E-state index in [0.29, 0.717) is 0 Å². The van der Waals surface area contributed by atoms with Gasteiger partial charge in [-0.05, 0) is 28.3 Å². The molecule has 2 bridgehead atoms. The van der Waals surface area contributed by atoms with Crippen LogP contribution in [0, 0.1) is 0 Å². The Morgan fingerprint density at radius 1 is 0.387 bits per heavy atom. The Morgan fingerprint density at radius 3 is 1.29 bits per heavy atom. The van der Waals surface area contributed by atoms with Crippen molar-refractivity contribution in [2.75, 3.05) is 0 Å². The highest BCUT2D eigenvalue weighted by atomic mass is 15.4. The van der Waals surface area contributed by atoms with Crippen molar-refractivity contribution in [2.45, 2.75) is 16.7 Å². The number of benzene rings is 4. The van der Waals surface area contributed by atoms with E-state index in [2.05, 4.69) is 144 Å². The second-order valence-electron chi connectivity index (χ2n) is 8.41. The van der Waals surface area contributed by atoms with Crippen molar-refractivity contribution in [3.63, 3.8) is 0 Å². The van der Waals surface area contributed by atoms with Crippen molar-refractivity contribution in [2.24, 2.45) is 0 Å². The molecule has 2 heteroatoms. The van der Waals surface area contributed by atoms with Crippen molar-refractivity contribution in [3.05, 3.63) is 156 Å². The Kier molecular flexibility index (Phi) is 4.01. The normalized spacial score (nSPS) is 25.5. The van der Waals surface area contributed by atoms with Crippen LogP contribution in [0.15, 0.2) is 133 Å². The van der Waals surface area contributed by atoms with Gasteiger partial charge in [-0.15, -0.1) is 0 Å². The Morgan fingerprint density at radius 2 is 0.806 bits per heavy atom. The van der Waals surface area contributed by atoms with Gasteiger partial charge in [0.2, 0.25) is 0 Å². The van der Waals surface area contributed by atoms with Gasteiger partial charge in [0, 0.05) is 0 Å². The van der Waals surface area contributed by atoms with Gasteiger partial charge in [0.05, 0.1) is 11.1 Å². The van der Waals surface area contributed by atoms with Gasteiger partial charge < -0.3 is 0 Å². The number of fused-ring (bicyclic) bond motifs is 2. The third-order valence-corrected chi connectivity index (χ3v) is 6.83. The van der Waals surface area contributed by atoms with Crippen molar-refractivity contribution in [1.29, 1.82) is 0 Å². The van der Waals surface area contributed by atoms with E-state index in [9.17, 15) is 0 Å². The summed E-state index contributed by atoms with van der Waals surface area (Å²) in [5.41, 5.74) is 3.51. The van der Waals surface area contributed by atoms with Crippen LogP contribution in [0.4, 0.5) is 0 Å². The monoisotopic (exact) mass is 400 g/mol. The molecular formula is C29H24N2. The average molecular weight is 401 g/mol. The standard InChI is InChI=1S/C29H24N2/c1-5-13-23(14-6-1)27-21-22-28(30-27,24-15-7-2-8-16-24)31-29(27,25-17-9-3-10-18-25)26-19-11-4-12-20-26/h1-22,30-31H. The molecule has 1 fully saturated rings. The molecule has 0 aromatic heterocycles. The third-order valence-electron chi connectivity index (χ3n) is 6.83. The first-order valence-corrected chi connectivity index (χ1v) is 10.8. The van der Waals surface area contributed by atoms with Crippen molar-refractivity contribution < 1.29 is 0 Å². The number of hydrogen-bond acceptors (Lipinski definition) is 2. The first-order chi connectivity index (χ1) is 15.3. The quantitative estimate of drug-likeness (QED) is 0.446. The van der Waals surface area contributed by atoms with E-state index in [4.69, 9.17) is 0 Å². The number of nitrogens with one attached hydrogen (secondary N) is 2. The molecule has 0 amide bonds. The summed E-state index contributed by atoms with van der Waals surface area (Å²) in [5, 5.41) is 8.16. The topological polar surface area (TPSA) is 24.1 Å². The first-order valence-electron chi connectivity index (χ1n) is 10.8. The average Bonchev–Trinajstić information content (AvgIpc) is 3.41. The fraction of sp³-hybridized carbons (Fsp3) is 0.103. The van der Waals surface area contributed by atoms with Gasteiger partial charge >= 0.3 is 0 Å². The summed E-state index contributed by atoms with van der Waals surface area (Å²) < 4.78 is 0. The van der Waals surface area contributed by atoms with E-state index in [0.717, 1.165) is 0 Å². The van der Waals surface area contributed by atoms with Crippen molar-refractivity contribution >= 4 is 0 Å². The molecule has 4 aromatic rings. The van der Waals surface area contributed by atoms with E-state index < -0.39 is 16.7 Å². The molecule has 2 aliphatic rings. The summed E-state index contributed by atoms with van der Waals surface area (Å²) in [6, 6.07) is 43.1. The Hall–Kier alpha value is -3.46. The molecule has 2 unspecified atom stereocenters. The molecule has 2 aliphatic heterocycles. The van der Waals surface area contributed by atoms with E-state index in [1.165, 1.54) is 22.3 Å². The maximum absolute atomic E-state index is 4.11. The lowest BCUT2D eigenvalue weighted by atomic mass is 9.65. The van der Waals surface area contributed by atoms with Crippen LogP contribution in [-0.4, -0.2) is 0 Å². The summed E-state index contributed by atoms with van der Waals surface area (Å²) in [7, 11) is 0. The summed E-state index contributed by atoms with van der Waals surface area (Å²) >= 11 is 0. The maximum atomic E-state index is 4.11. The predicted molar refractivity (Wildman–Crippen MR) is 125 cm³/mol. The van der Waals surface area contributed by atoms with Gasteiger partial charge in [0.15, 0.2) is 0 Å². The fourth-order valence-electron chi connectivity index (χ4n) is 5.50. The molecule has 4 aromatic carbocycles. The van der Waals surface area contributed by atoms with E-state index in [1.54, 1.807) is 0 Å². The third kappa shape index (κ3) is 2.46. The van der Waals surface area contributed by atoms with Crippen LogP contribution in [0.2, 0.25) is 0 Å². The van der Waals surface area contributed by atoms with Crippen LogP contribution < -0.4 is 10.6 Å². The molecule has 150 valence electrons. The van der Waals surface area contributed by atoms with Crippen LogP contribution in [0.25, 0.3) is 0 Å². The van der Waals surface area contributed by atoms with Gasteiger partial charge in [-0.3, -0.25) is 10.6 Å². The lowest BCUT2D eigenvalue weighted by Gasteiger charge is -2.46. The van der Waals surface area contributed by atoms with Gasteiger partial charge in [-0.25, -0.2) is 0 Å². The van der Waals surface area contributed by atoms with Gasteiger partial charge in [0.1, 0.15) is 5.66 Å². The molecule has 1 saturated heterocycles. The molecule has 6 rings (SSSR count). The summed E-state index contributed by atoms with van der Waals surface area (Å²) in [6.45, 7) is 0. The minimum absolute atomic E-state index is 0.452. The van der Waals surface area contributed by atoms with Crippen LogP contribution in [0.1, 0.15) is 22.3 Å². The maximum Gasteiger partial charge on any atom is 0.116 e. The SMILES string of the molecule is C1=CC2(c3ccccc3)NC1(c1ccccc1)NC2(c1ccccc1)c1ccccc1. The van der Waals surface area contributed by atoms with Gasteiger partial charge in [-0.1, -0.05) is 127 Å². The Bertz CT molecular complexity index is 1180. The van der Waals surface area contributed by atoms with Crippen LogP contribution in [0.3, 0.4) is 0 Å². The lowest BCUT2D eigenvalue weighted by molar-refractivity contribution is 0.311. The predicted octanol–water partition coefficient (Wildman–Crippen LogP) is 5.44. The second-order valence-corrected chi connectivity index (χ2v) is 8.41. The lowest BCUT2D eigenvalue weighted by Crippen LogP contribution is -2.56. The number of rotatable bonds is 4. The molecule has 0 aliphatic carbocycles. The molecule has 2 nitrogen and oxygen atoms in total. The van der Waals surface area contributed by atoms with Gasteiger partial charge in [0.25, 0.3) is 0 Å². The molecule has 2 N–H and O–H groups in total. The molecular weight excluding hydrogens is 376 g/mol. The Balaban J connectivity index is 1.69. The van der Waals surface area contributed by atoms with Crippen LogP contribution in [0.5, 0.6) is 0 Å². The smallest absolute Gasteiger partial charge is 0.116 e. The highest BCUT2D eigenvalue weighted by Crippen LogP contribution is 2.57.